The van der Waals surface area contributed by atoms with Crippen molar-refractivity contribution in [3.63, 3.8) is 0 Å². The molecule has 1 N–H and O–H groups in total. The van der Waals surface area contributed by atoms with E-state index >= 15 is 0 Å². The van der Waals surface area contributed by atoms with Crippen LogP contribution in [0.1, 0.15) is 52.0 Å². The maximum atomic E-state index is 12.1. The number of hydrogen-bond acceptors (Lipinski definition) is 2. The molecule has 1 aromatic carbocycles. The molecule has 2 atom stereocenters. The first kappa shape index (κ1) is 14.1. The number of nitrogens with one attached hydrogen (secondary N) is 1. The van der Waals surface area contributed by atoms with Crippen molar-refractivity contribution in [3.8, 4) is 0 Å². The Bertz CT molecular complexity index is 497. The van der Waals surface area contributed by atoms with Crippen LogP contribution in [0.4, 0.5) is 0 Å². The van der Waals surface area contributed by atoms with Crippen molar-refractivity contribution in [1.82, 2.24) is 5.32 Å². The molecule has 3 nitrogen and oxygen atoms in total. The molecule has 0 aliphatic carbocycles. The smallest absolute Gasteiger partial charge is 0.251 e. The molecule has 1 amide bonds. The van der Waals surface area contributed by atoms with Crippen LogP contribution in [0.15, 0.2) is 18.2 Å². The third-order valence-corrected chi connectivity index (χ3v) is 5.27. The number of ether oxygens (including phenoxy) is 1. The van der Waals surface area contributed by atoms with Gasteiger partial charge >= 0.3 is 0 Å². The van der Waals surface area contributed by atoms with Gasteiger partial charge in [0.05, 0.1) is 10.9 Å². The first-order valence-electron chi connectivity index (χ1n) is 7.42. The molecule has 0 bridgehead atoms. The lowest BCUT2D eigenvalue weighted by molar-refractivity contribution is 0.0160. The van der Waals surface area contributed by atoms with E-state index in [-0.39, 0.29) is 16.8 Å². The zero-order valence-electron chi connectivity index (χ0n) is 11.5. The standard InChI is InChI=1S/C16H20BrNO2/c17-15(14-5-1-2-9-20-14)12-7-6-11-4-3-8-18-16(19)13(11)10-12/h6-7,10,14-15H,1-5,8-9H2,(H,18,19). The number of rotatable bonds is 2. The Kier molecular flexibility index (Phi) is 4.41. The molecule has 0 radical (unpaired) electrons. The summed E-state index contributed by atoms with van der Waals surface area (Å²) in [6.45, 7) is 1.62. The number of alkyl halides is 1. The molecule has 2 heterocycles. The van der Waals surface area contributed by atoms with Crippen LogP contribution in [0.3, 0.4) is 0 Å². The number of benzene rings is 1. The SMILES string of the molecule is O=C1NCCCc2ccc(C(Br)C3CCCCO3)cc21. The molecule has 2 aliphatic rings. The van der Waals surface area contributed by atoms with Gasteiger partial charge < -0.3 is 10.1 Å². The summed E-state index contributed by atoms with van der Waals surface area (Å²) in [5.41, 5.74) is 3.14. The lowest BCUT2D eigenvalue weighted by Gasteiger charge is -2.27. The van der Waals surface area contributed by atoms with E-state index in [0.29, 0.717) is 0 Å². The van der Waals surface area contributed by atoms with Crippen molar-refractivity contribution in [2.24, 2.45) is 0 Å². The molecule has 20 heavy (non-hydrogen) atoms. The number of halogens is 1. The van der Waals surface area contributed by atoms with Crippen molar-refractivity contribution < 1.29 is 9.53 Å². The van der Waals surface area contributed by atoms with Crippen LogP contribution in [0.2, 0.25) is 0 Å². The summed E-state index contributed by atoms with van der Waals surface area (Å²) < 4.78 is 5.84. The van der Waals surface area contributed by atoms with Gasteiger partial charge in [0.2, 0.25) is 0 Å². The van der Waals surface area contributed by atoms with Crippen LogP contribution < -0.4 is 5.32 Å². The average Bonchev–Trinajstić information content (AvgIpc) is 2.69. The summed E-state index contributed by atoms with van der Waals surface area (Å²) in [4.78, 5) is 12.3. The second-order valence-corrected chi connectivity index (χ2v) is 6.57. The molecule has 3 rings (SSSR count). The number of fused-ring (bicyclic) bond motifs is 1. The van der Waals surface area contributed by atoms with Gasteiger partial charge in [0.15, 0.2) is 0 Å². The molecule has 0 saturated carbocycles. The van der Waals surface area contributed by atoms with E-state index in [1.807, 2.05) is 6.07 Å². The summed E-state index contributed by atoms with van der Waals surface area (Å²) in [6.07, 6.45) is 5.67. The highest BCUT2D eigenvalue weighted by Gasteiger charge is 2.25. The average molecular weight is 338 g/mol. The minimum absolute atomic E-state index is 0.0589. The lowest BCUT2D eigenvalue weighted by atomic mass is 9.96. The van der Waals surface area contributed by atoms with Crippen molar-refractivity contribution in [1.29, 1.82) is 0 Å². The van der Waals surface area contributed by atoms with Crippen molar-refractivity contribution in [2.75, 3.05) is 13.2 Å². The van der Waals surface area contributed by atoms with Crippen LogP contribution in [-0.4, -0.2) is 25.2 Å². The molecule has 0 spiro atoms. The highest BCUT2D eigenvalue weighted by Crippen LogP contribution is 2.34. The molecule has 1 aromatic rings. The molecule has 1 saturated heterocycles. The summed E-state index contributed by atoms with van der Waals surface area (Å²) in [5, 5.41) is 2.96. The van der Waals surface area contributed by atoms with Crippen LogP contribution in [0.5, 0.6) is 0 Å². The van der Waals surface area contributed by atoms with E-state index in [0.717, 1.165) is 55.5 Å². The molecule has 4 heteroatoms. The van der Waals surface area contributed by atoms with Crippen molar-refractivity contribution >= 4 is 21.8 Å². The third-order valence-electron chi connectivity index (χ3n) is 4.15. The first-order chi connectivity index (χ1) is 9.75. The zero-order valence-corrected chi connectivity index (χ0v) is 13.1. The van der Waals surface area contributed by atoms with E-state index in [1.165, 1.54) is 6.42 Å². The van der Waals surface area contributed by atoms with E-state index in [2.05, 4.69) is 33.4 Å². The van der Waals surface area contributed by atoms with Gasteiger partial charge in [-0.25, -0.2) is 0 Å². The van der Waals surface area contributed by atoms with E-state index in [4.69, 9.17) is 4.74 Å². The van der Waals surface area contributed by atoms with Gasteiger partial charge in [0.25, 0.3) is 5.91 Å². The topological polar surface area (TPSA) is 38.3 Å². The van der Waals surface area contributed by atoms with Crippen LogP contribution in [0.25, 0.3) is 0 Å². The zero-order chi connectivity index (χ0) is 13.9. The van der Waals surface area contributed by atoms with E-state index in [1.54, 1.807) is 0 Å². The number of carbonyl (C=O) groups is 1. The number of amides is 1. The Morgan fingerprint density at radius 3 is 3.00 bits per heavy atom. The Morgan fingerprint density at radius 1 is 1.30 bits per heavy atom. The Labute approximate surface area is 128 Å². The molecule has 2 aliphatic heterocycles. The van der Waals surface area contributed by atoms with Gasteiger partial charge in [-0.15, -0.1) is 0 Å². The molecule has 0 aromatic heterocycles. The van der Waals surface area contributed by atoms with Gasteiger partial charge in [-0.3, -0.25) is 4.79 Å². The summed E-state index contributed by atoms with van der Waals surface area (Å²) in [6, 6.07) is 6.27. The second-order valence-electron chi connectivity index (χ2n) is 5.58. The highest BCUT2D eigenvalue weighted by molar-refractivity contribution is 9.09. The quantitative estimate of drug-likeness (QED) is 0.840. The highest BCUT2D eigenvalue weighted by atomic mass is 79.9. The van der Waals surface area contributed by atoms with Crippen molar-refractivity contribution in [2.45, 2.75) is 43.0 Å². The monoisotopic (exact) mass is 337 g/mol. The van der Waals surface area contributed by atoms with Crippen molar-refractivity contribution in [3.05, 3.63) is 34.9 Å². The van der Waals surface area contributed by atoms with E-state index in [9.17, 15) is 4.79 Å². The number of aryl methyl sites for hydroxylation is 1. The molecular formula is C16H20BrNO2. The summed E-state index contributed by atoms with van der Waals surface area (Å²) in [5.74, 6) is 0.0589. The Morgan fingerprint density at radius 2 is 2.20 bits per heavy atom. The molecule has 108 valence electrons. The predicted molar refractivity (Wildman–Crippen MR) is 82.4 cm³/mol. The van der Waals surface area contributed by atoms with Gasteiger partial charge in [0.1, 0.15) is 0 Å². The van der Waals surface area contributed by atoms with Gasteiger partial charge in [0, 0.05) is 18.7 Å². The first-order valence-corrected chi connectivity index (χ1v) is 8.34. The summed E-state index contributed by atoms with van der Waals surface area (Å²) in [7, 11) is 0. The minimum Gasteiger partial charge on any atom is -0.377 e. The van der Waals surface area contributed by atoms with E-state index < -0.39 is 0 Å². The van der Waals surface area contributed by atoms with Gasteiger partial charge in [-0.2, -0.15) is 0 Å². The minimum atomic E-state index is 0.0589. The fourth-order valence-electron chi connectivity index (χ4n) is 2.98. The Balaban J connectivity index is 1.85. The number of hydrogen-bond donors (Lipinski definition) is 1. The van der Waals surface area contributed by atoms with Crippen LogP contribution in [-0.2, 0) is 11.2 Å². The third kappa shape index (κ3) is 2.91. The normalized spacial score (nSPS) is 24.4. The fourth-order valence-corrected chi connectivity index (χ4v) is 3.68. The fraction of sp³-hybridized carbons (Fsp3) is 0.562. The second kappa shape index (κ2) is 6.27. The Hall–Kier alpha value is -0.870. The van der Waals surface area contributed by atoms with Gasteiger partial charge in [-0.05, 0) is 49.3 Å². The van der Waals surface area contributed by atoms with Gasteiger partial charge in [-0.1, -0.05) is 28.1 Å². The predicted octanol–water partition coefficient (Wildman–Crippen LogP) is 3.37. The molecular weight excluding hydrogens is 318 g/mol. The van der Waals surface area contributed by atoms with Crippen LogP contribution >= 0.6 is 15.9 Å². The maximum absolute atomic E-state index is 12.1. The van der Waals surface area contributed by atoms with Crippen LogP contribution in [0, 0.1) is 0 Å². The molecule has 2 unspecified atom stereocenters. The molecule has 1 fully saturated rings. The number of carbonyl (C=O) groups excluding carboxylic acids is 1. The maximum Gasteiger partial charge on any atom is 0.251 e. The summed E-state index contributed by atoms with van der Waals surface area (Å²) >= 11 is 3.76. The largest absolute Gasteiger partial charge is 0.377 e. The lowest BCUT2D eigenvalue weighted by Crippen LogP contribution is -2.25.